The molecule has 0 bridgehead atoms. The Morgan fingerprint density at radius 3 is 2.76 bits per heavy atom. The van der Waals surface area contributed by atoms with Crippen LogP contribution in [0.15, 0.2) is 0 Å². The fraction of sp³-hybridized carbons (Fsp3) is 1.00. The molecule has 0 aromatic rings. The van der Waals surface area contributed by atoms with Gasteiger partial charge >= 0.3 is 0 Å². The highest BCUT2D eigenvalue weighted by Crippen LogP contribution is 2.24. The molecule has 0 aliphatic carbocycles. The summed E-state index contributed by atoms with van der Waals surface area (Å²) in [5.41, 5.74) is 0. The summed E-state index contributed by atoms with van der Waals surface area (Å²) in [5, 5.41) is 3.62. The van der Waals surface area contributed by atoms with Gasteiger partial charge in [0.05, 0.1) is 12.7 Å². The van der Waals surface area contributed by atoms with E-state index >= 15 is 0 Å². The van der Waals surface area contributed by atoms with Gasteiger partial charge in [0.15, 0.2) is 0 Å². The highest BCUT2D eigenvalue weighted by molar-refractivity contribution is 7.99. The van der Waals surface area contributed by atoms with E-state index in [0.29, 0.717) is 12.1 Å². The second kappa shape index (κ2) is 7.62. The Morgan fingerprint density at radius 1 is 1.29 bits per heavy atom. The van der Waals surface area contributed by atoms with Crippen LogP contribution in [0, 0.1) is 5.92 Å². The van der Waals surface area contributed by atoms with Crippen LogP contribution in [-0.4, -0.2) is 50.0 Å². The van der Waals surface area contributed by atoms with Gasteiger partial charge in [0.2, 0.25) is 0 Å². The molecule has 2 aliphatic heterocycles. The van der Waals surface area contributed by atoms with Crippen molar-refractivity contribution < 1.29 is 9.47 Å². The van der Waals surface area contributed by atoms with Gasteiger partial charge in [-0.1, -0.05) is 6.92 Å². The van der Waals surface area contributed by atoms with Crippen molar-refractivity contribution >= 4 is 11.8 Å². The molecule has 0 amide bonds. The molecule has 2 heterocycles. The first kappa shape index (κ1) is 13.7. The minimum Gasteiger partial charge on any atom is -0.381 e. The van der Waals surface area contributed by atoms with Gasteiger partial charge in [-0.05, 0) is 31.7 Å². The van der Waals surface area contributed by atoms with Crippen LogP contribution in [-0.2, 0) is 9.47 Å². The number of rotatable bonds is 5. The predicted molar refractivity (Wildman–Crippen MR) is 72.7 cm³/mol. The average Bonchev–Trinajstić information content (AvgIpc) is 2.40. The highest BCUT2D eigenvalue weighted by Gasteiger charge is 2.27. The second-order valence-electron chi connectivity index (χ2n) is 4.94. The maximum atomic E-state index is 5.92. The smallest absolute Gasteiger partial charge is 0.0818 e. The van der Waals surface area contributed by atoms with Crippen molar-refractivity contribution in [3.8, 4) is 0 Å². The zero-order valence-electron chi connectivity index (χ0n) is 10.8. The highest BCUT2D eigenvalue weighted by atomic mass is 32.2. The van der Waals surface area contributed by atoms with E-state index in [9.17, 15) is 0 Å². The van der Waals surface area contributed by atoms with E-state index in [1.54, 1.807) is 0 Å². The van der Waals surface area contributed by atoms with E-state index in [-0.39, 0.29) is 0 Å². The topological polar surface area (TPSA) is 30.5 Å². The normalized spacial score (nSPS) is 29.1. The minimum absolute atomic E-state index is 0.413. The SMILES string of the molecule is CCNC(CC1CCOCC1)C1CSCCO1. The van der Waals surface area contributed by atoms with E-state index in [4.69, 9.17) is 9.47 Å². The van der Waals surface area contributed by atoms with Crippen LogP contribution >= 0.6 is 11.8 Å². The summed E-state index contributed by atoms with van der Waals surface area (Å²) >= 11 is 2.03. The Hall–Kier alpha value is 0.230. The van der Waals surface area contributed by atoms with Crippen molar-refractivity contribution in [3.63, 3.8) is 0 Å². The molecule has 2 unspecified atom stereocenters. The van der Waals surface area contributed by atoms with Crippen molar-refractivity contribution in [2.45, 2.75) is 38.3 Å². The summed E-state index contributed by atoms with van der Waals surface area (Å²) < 4.78 is 11.4. The maximum absolute atomic E-state index is 5.92. The lowest BCUT2D eigenvalue weighted by atomic mass is 9.90. The summed E-state index contributed by atoms with van der Waals surface area (Å²) in [7, 11) is 0. The molecule has 4 heteroatoms. The number of hydrogen-bond acceptors (Lipinski definition) is 4. The van der Waals surface area contributed by atoms with Gasteiger partial charge in [0, 0.05) is 30.8 Å². The van der Waals surface area contributed by atoms with Crippen LogP contribution in [0.1, 0.15) is 26.2 Å². The molecule has 0 aromatic carbocycles. The Bertz CT molecular complexity index is 204. The number of likely N-dealkylation sites (N-methyl/N-ethyl adjacent to an activating group) is 1. The van der Waals surface area contributed by atoms with E-state index in [1.807, 2.05) is 11.8 Å². The average molecular weight is 259 g/mol. The lowest BCUT2D eigenvalue weighted by Crippen LogP contribution is -2.46. The molecule has 3 nitrogen and oxygen atoms in total. The molecule has 17 heavy (non-hydrogen) atoms. The Morgan fingerprint density at radius 2 is 2.12 bits per heavy atom. The molecule has 2 saturated heterocycles. The third-order valence-electron chi connectivity index (χ3n) is 3.68. The first-order valence-corrected chi connectivity index (χ1v) is 8.06. The van der Waals surface area contributed by atoms with Gasteiger partial charge in [-0.15, -0.1) is 0 Å². The van der Waals surface area contributed by atoms with Crippen molar-refractivity contribution in [2.75, 3.05) is 37.9 Å². The quantitative estimate of drug-likeness (QED) is 0.817. The van der Waals surface area contributed by atoms with Gasteiger partial charge in [0.1, 0.15) is 0 Å². The van der Waals surface area contributed by atoms with Crippen molar-refractivity contribution in [1.82, 2.24) is 5.32 Å². The largest absolute Gasteiger partial charge is 0.381 e. The zero-order chi connectivity index (χ0) is 11.9. The molecule has 100 valence electrons. The summed E-state index contributed by atoms with van der Waals surface area (Å²) in [6.07, 6.45) is 4.11. The Kier molecular flexibility index (Phi) is 6.12. The zero-order valence-corrected chi connectivity index (χ0v) is 11.6. The van der Waals surface area contributed by atoms with Crippen LogP contribution in [0.5, 0.6) is 0 Å². The molecule has 0 aromatic heterocycles. The summed E-state index contributed by atoms with van der Waals surface area (Å²) in [6.45, 7) is 6.05. The van der Waals surface area contributed by atoms with Gasteiger partial charge in [-0.25, -0.2) is 0 Å². The number of ether oxygens (including phenoxy) is 2. The van der Waals surface area contributed by atoms with E-state index in [0.717, 1.165) is 43.8 Å². The molecule has 2 rings (SSSR count). The third kappa shape index (κ3) is 4.43. The molecule has 0 spiro atoms. The number of nitrogens with one attached hydrogen (secondary N) is 1. The van der Waals surface area contributed by atoms with Crippen LogP contribution in [0.25, 0.3) is 0 Å². The first-order valence-electron chi connectivity index (χ1n) is 6.90. The molecule has 2 fully saturated rings. The van der Waals surface area contributed by atoms with Crippen molar-refractivity contribution in [1.29, 1.82) is 0 Å². The maximum Gasteiger partial charge on any atom is 0.0818 e. The monoisotopic (exact) mass is 259 g/mol. The third-order valence-corrected chi connectivity index (χ3v) is 4.70. The molecule has 0 radical (unpaired) electrons. The van der Waals surface area contributed by atoms with Gasteiger partial charge < -0.3 is 14.8 Å². The molecular formula is C13H25NO2S. The lowest BCUT2D eigenvalue weighted by molar-refractivity contribution is 0.0232. The number of hydrogen-bond donors (Lipinski definition) is 1. The van der Waals surface area contributed by atoms with Crippen LogP contribution < -0.4 is 5.32 Å². The molecule has 1 N–H and O–H groups in total. The van der Waals surface area contributed by atoms with E-state index in [2.05, 4.69) is 12.2 Å². The summed E-state index contributed by atoms with van der Waals surface area (Å²) in [4.78, 5) is 0. The van der Waals surface area contributed by atoms with Crippen molar-refractivity contribution in [2.24, 2.45) is 5.92 Å². The molecule has 2 aliphatic rings. The number of thioether (sulfide) groups is 1. The predicted octanol–water partition coefficient (Wildman–Crippen LogP) is 1.91. The lowest BCUT2D eigenvalue weighted by Gasteiger charge is -2.34. The summed E-state index contributed by atoms with van der Waals surface area (Å²) in [5.74, 6) is 3.14. The fourth-order valence-electron chi connectivity index (χ4n) is 2.71. The second-order valence-corrected chi connectivity index (χ2v) is 6.09. The molecular weight excluding hydrogens is 234 g/mol. The van der Waals surface area contributed by atoms with Crippen LogP contribution in [0.3, 0.4) is 0 Å². The van der Waals surface area contributed by atoms with Gasteiger partial charge in [-0.3, -0.25) is 0 Å². The fourth-order valence-corrected chi connectivity index (χ4v) is 3.65. The van der Waals surface area contributed by atoms with E-state index < -0.39 is 0 Å². The first-order chi connectivity index (χ1) is 8.40. The van der Waals surface area contributed by atoms with Gasteiger partial charge in [-0.2, -0.15) is 11.8 Å². The Labute approximate surface area is 109 Å². The minimum atomic E-state index is 0.413. The van der Waals surface area contributed by atoms with Crippen molar-refractivity contribution in [3.05, 3.63) is 0 Å². The van der Waals surface area contributed by atoms with Gasteiger partial charge in [0.25, 0.3) is 0 Å². The standard InChI is InChI=1S/C13H25NO2S/c1-2-14-12(13-10-17-8-7-16-13)9-11-3-5-15-6-4-11/h11-14H,2-10H2,1H3. The Balaban J connectivity index is 1.81. The molecule has 0 saturated carbocycles. The van der Waals surface area contributed by atoms with Crippen LogP contribution in [0.4, 0.5) is 0 Å². The molecule has 2 atom stereocenters. The summed E-state index contributed by atoms with van der Waals surface area (Å²) in [6, 6.07) is 0.538. The van der Waals surface area contributed by atoms with E-state index in [1.165, 1.54) is 19.3 Å². The van der Waals surface area contributed by atoms with Crippen LogP contribution in [0.2, 0.25) is 0 Å².